The summed E-state index contributed by atoms with van der Waals surface area (Å²) in [6.45, 7) is 7.28. The Labute approximate surface area is 182 Å². The Morgan fingerprint density at radius 1 is 1.00 bits per heavy atom. The maximum Gasteiger partial charge on any atom is 0.156 e. The van der Waals surface area contributed by atoms with E-state index in [1.807, 2.05) is 41.4 Å². The molecule has 30 heavy (non-hydrogen) atoms. The SMILES string of the molecule is CC(C)(C)N1CC(Cl)=C(OCc2ccc(-c3ccc(OCCCF)cc3)cc2)C=N1. The zero-order valence-corrected chi connectivity index (χ0v) is 18.5. The van der Waals surface area contributed by atoms with Gasteiger partial charge in [0.1, 0.15) is 12.4 Å². The Bertz CT molecular complexity index is 887. The van der Waals surface area contributed by atoms with Gasteiger partial charge < -0.3 is 9.47 Å². The first-order valence-electron chi connectivity index (χ1n) is 10.1. The third-order valence-corrected chi connectivity index (χ3v) is 5.03. The molecule has 0 bridgehead atoms. The summed E-state index contributed by atoms with van der Waals surface area (Å²) in [5.41, 5.74) is 3.16. The highest BCUT2D eigenvalue weighted by Crippen LogP contribution is 2.25. The van der Waals surface area contributed by atoms with Gasteiger partial charge in [0, 0.05) is 12.0 Å². The topological polar surface area (TPSA) is 34.1 Å². The van der Waals surface area contributed by atoms with E-state index >= 15 is 0 Å². The van der Waals surface area contributed by atoms with Crippen LogP contribution < -0.4 is 4.74 Å². The maximum atomic E-state index is 12.1. The minimum atomic E-state index is -0.361. The summed E-state index contributed by atoms with van der Waals surface area (Å²) >= 11 is 6.40. The van der Waals surface area contributed by atoms with E-state index < -0.39 is 0 Å². The van der Waals surface area contributed by atoms with Gasteiger partial charge in [0.25, 0.3) is 0 Å². The molecular formula is C24H28ClFN2O2. The fourth-order valence-electron chi connectivity index (χ4n) is 2.91. The van der Waals surface area contributed by atoms with E-state index in [2.05, 4.69) is 38.0 Å². The van der Waals surface area contributed by atoms with Crippen LogP contribution in [0.3, 0.4) is 0 Å². The minimum Gasteiger partial charge on any atom is -0.493 e. The van der Waals surface area contributed by atoms with Crippen molar-refractivity contribution in [1.29, 1.82) is 0 Å². The highest BCUT2D eigenvalue weighted by molar-refractivity contribution is 6.31. The van der Waals surface area contributed by atoms with E-state index in [4.69, 9.17) is 21.1 Å². The van der Waals surface area contributed by atoms with Crippen molar-refractivity contribution in [2.75, 3.05) is 19.8 Å². The second-order valence-corrected chi connectivity index (χ2v) is 8.60. The van der Waals surface area contributed by atoms with Crippen LogP contribution >= 0.6 is 11.6 Å². The van der Waals surface area contributed by atoms with Gasteiger partial charge in [-0.3, -0.25) is 9.40 Å². The van der Waals surface area contributed by atoms with E-state index in [1.54, 1.807) is 6.21 Å². The Hall–Kier alpha value is -2.53. The summed E-state index contributed by atoms with van der Waals surface area (Å²) in [5, 5.41) is 7.04. The van der Waals surface area contributed by atoms with Gasteiger partial charge in [0.2, 0.25) is 0 Å². The number of ether oxygens (including phenoxy) is 2. The Balaban J connectivity index is 1.56. The molecule has 0 aromatic heterocycles. The molecular weight excluding hydrogens is 403 g/mol. The van der Waals surface area contributed by atoms with E-state index in [-0.39, 0.29) is 12.2 Å². The number of rotatable bonds is 8. The molecule has 0 amide bonds. The lowest BCUT2D eigenvalue weighted by Crippen LogP contribution is -2.40. The van der Waals surface area contributed by atoms with Gasteiger partial charge in [-0.25, -0.2) is 0 Å². The molecule has 0 saturated heterocycles. The highest BCUT2D eigenvalue weighted by Gasteiger charge is 2.24. The van der Waals surface area contributed by atoms with Crippen LogP contribution in [0.5, 0.6) is 5.75 Å². The molecule has 1 heterocycles. The van der Waals surface area contributed by atoms with Crippen molar-refractivity contribution in [3.63, 3.8) is 0 Å². The molecule has 0 fully saturated rings. The molecule has 0 N–H and O–H groups in total. The third kappa shape index (κ3) is 5.99. The monoisotopic (exact) mass is 430 g/mol. The van der Waals surface area contributed by atoms with Gasteiger partial charge in [-0.15, -0.1) is 0 Å². The van der Waals surface area contributed by atoms with Crippen molar-refractivity contribution >= 4 is 17.8 Å². The van der Waals surface area contributed by atoms with Crippen molar-refractivity contribution in [1.82, 2.24) is 5.01 Å². The van der Waals surface area contributed by atoms with Crippen LogP contribution in [0, 0.1) is 0 Å². The number of allylic oxidation sites excluding steroid dienone is 1. The molecule has 0 unspecified atom stereocenters. The fourth-order valence-corrected chi connectivity index (χ4v) is 3.13. The number of hydrogen-bond acceptors (Lipinski definition) is 4. The van der Waals surface area contributed by atoms with Crippen molar-refractivity contribution in [3.05, 3.63) is 64.9 Å². The van der Waals surface area contributed by atoms with Gasteiger partial charge >= 0.3 is 0 Å². The zero-order valence-electron chi connectivity index (χ0n) is 17.7. The summed E-state index contributed by atoms with van der Waals surface area (Å²) in [4.78, 5) is 0. The normalized spacial score (nSPS) is 14.2. The van der Waals surface area contributed by atoms with E-state index in [9.17, 15) is 4.39 Å². The Kier molecular flexibility index (Phi) is 7.38. The van der Waals surface area contributed by atoms with Gasteiger partial charge in [-0.1, -0.05) is 48.0 Å². The lowest BCUT2D eigenvalue weighted by Gasteiger charge is -2.34. The molecule has 1 aliphatic rings. The fraction of sp³-hybridized carbons (Fsp3) is 0.375. The van der Waals surface area contributed by atoms with Crippen molar-refractivity contribution in [2.45, 2.75) is 39.3 Å². The van der Waals surface area contributed by atoms with Crippen LogP contribution in [-0.4, -0.2) is 36.6 Å². The summed E-state index contributed by atoms with van der Waals surface area (Å²) in [7, 11) is 0. The smallest absolute Gasteiger partial charge is 0.156 e. The second kappa shape index (κ2) is 9.98. The van der Waals surface area contributed by atoms with Gasteiger partial charge in [0.05, 0.1) is 31.1 Å². The number of halogens is 2. The minimum absolute atomic E-state index is 0.0866. The number of alkyl halides is 1. The molecule has 160 valence electrons. The average molecular weight is 431 g/mol. The molecule has 4 nitrogen and oxygen atoms in total. The van der Waals surface area contributed by atoms with Crippen LogP contribution in [0.25, 0.3) is 11.1 Å². The molecule has 0 atom stereocenters. The lowest BCUT2D eigenvalue weighted by molar-refractivity contribution is 0.146. The first-order chi connectivity index (χ1) is 14.4. The van der Waals surface area contributed by atoms with Gasteiger partial charge in [0.15, 0.2) is 5.76 Å². The number of benzene rings is 2. The summed E-state index contributed by atoms with van der Waals surface area (Å²) in [5.74, 6) is 1.37. The lowest BCUT2D eigenvalue weighted by atomic mass is 10.0. The van der Waals surface area contributed by atoms with Crippen molar-refractivity contribution < 1.29 is 13.9 Å². The number of hydrazone groups is 1. The molecule has 1 aliphatic heterocycles. The van der Waals surface area contributed by atoms with E-state index in [1.165, 1.54) is 0 Å². The Morgan fingerprint density at radius 3 is 2.20 bits per heavy atom. The van der Waals surface area contributed by atoms with Crippen LogP contribution in [0.15, 0.2) is 64.4 Å². The molecule has 3 rings (SSSR count). The molecule has 0 aliphatic carbocycles. The van der Waals surface area contributed by atoms with Crippen LogP contribution in [0.4, 0.5) is 4.39 Å². The molecule has 2 aromatic rings. The highest BCUT2D eigenvalue weighted by atomic mass is 35.5. The predicted octanol–water partition coefficient (Wildman–Crippen LogP) is 6.16. The average Bonchev–Trinajstić information content (AvgIpc) is 2.73. The zero-order chi connectivity index (χ0) is 21.6. The van der Waals surface area contributed by atoms with Gasteiger partial charge in [-0.2, -0.15) is 5.10 Å². The first kappa shape index (κ1) is 22.2. The quantitative estimate of drug-likeness (QED) is 0.470. The second-order valence-electron chi connectivity index (χ2n) is 8.14. The summed E-state index contributed by atoms with van der Waals surface area (Å²) in [6, 6.07) is 16.0. The Morgan fingerprint density at radius 2 is 1.63 bits per heavy atom. The van der Waals surface area contributed by atoms with E-state index in [0.717, 1.165) is 22.4 Å². The maximum absolute atomic E-state index is 12.1. The molecule has 2 aromatic carbocycles. The van der Waals surface area contributed by atoms with E-state index in [0.29, 0.717) is 37.0 Å². The molecule has 0 radical (unpaired) electrons. The number of hydrogen-bond donors (Lipinski definition) is 0. The standard InChI is InChI=1S/C24H28ClFN2O2/c1-24(2,3)28-16-22(25)23(15-27-28)30-17-18-5-7-19(8-6-18)20-9-11-21(12-10-20)29-14-4-13-26/h5-12,15H,4,13-14,16-17H2,1-3H3. The summed E-state index contributed by atoms with van der Waals surface area (Å²) < 4.78 is 23.5. The predicted molar refractivity (Wildman–Crippen MR) is 121 cm³/mol. The number of nitrogens with zero attached hydrogens (tertiary/aromatic N) is 2. The molecule has 0 saturated carbocycles. The van der Waals surface area contributed by atoms with Crippen molar-refractivity contribution in [2.24, 2.45) is 5.10 Å². The largest absolute Gasteiger partial charge is 0.493 e. The molecule has 6 heteroatoms. The van der Waals surface area contributed by atoms with Crippen LogP contribution in [0.1, 0.15) is 32.8 Å². The van der Waals surface area contributed by atoms with Gasteiger partial charge in [-0.05, 0) is 49.6 Å². The summed E-state index contributed by atoms with van der Waals surface area (Å²) in [6.07, 6.45) is 2.09. The van der Waals surface area contributed by atoms with Crippen LogP contribution in [-0.2, 0) is 11.3 Å². The van der Waals surface area contributed by atoms with Crippen LogP contribution in [0.2, 0.25) is 0 Å². The van der Waals surface area contributed by atoms with Crippen molar-refractivity contribution in [3.8, 4) is 16.9 Å². The molecule has 0 spiro atoms. The first-order valence-corrected chi connectivity index (χ1v) is 10.5. The third-order valence-electron chi connectivity index (χ3n) is 4.73.